The maximum absolute atomic E-state index is 13.4. The van der Waals surface area contributed by atoms with Crippen LogP contribution in [0, 0.1) is 5.82 Å². The number of carbonyl (C=O) groups is 2. The van der Waals surface area contributed by atoms with E-state index in [4.69, 9.17) is 0 Å². The highest BCUT2D eigenvalue weighted by Crippen LogP contribution is 2.28. The summed E-state index contributed by atoms with van der Waals surface area (Å²) in [5.74, 6) is -0.904. The molecule has 1 aliphatic heterocycles. The van der Waals surface area contributed by atoms with E-state index in [-0.39, 0.29) is 18.4 Å². The first-order valence-corrected chi connectivity index (χ1v) is 7.48. The van der Waals surface area contributed by atoms with E-state index in [0.717, 1.165) is 17.7 Å². The predicted molar refractivity (Wildman–Crippen MR) is 86.9 cm³/mol. The first-order valence-electron chi connectivity index (χ1n) is 7.48. The molecule has 1 aliphatic rings. The van der Waals surface area contributed by atoms with Crippen molar-refractivity contribution < 1.29 is 14.0 Å². The molecular formula is C18H17FN2O2. The number of benzene rings is 2. The summed E-state index contributed by atoms with van der Waals surface area (Å²) in [5.41, 5.74) is 2.40. The van der Waals surface area contributed by atoms with Crippen molar-refractivity contribution in [3.05, 3.63) is 59.9 Å². The van der Waals surface area contributed by atoms with Gasteiger partial charge in [-0.2, -0.15) is 0 Å². The van der Waals surface area contributed by atoms with E-state index in [1.165, 1.54) is 30.0 Å². The van der Waals surface area contributed by atoms with Gasteiger partial charge in [-0.3, -0.25) is 9.59 Å². The molecule has 0 N–H and O–H groups in total. The lowest BCUT2D eigenvalue weighted by Crippen LogP contribution is -2.41. The average molecular weight is 312 g/mol. The lowest BCUT2D eigenvalue weighted by Gasteiger charge is -2.24. The van der Waals surface area contributed by atoms with Crippen molar-refractivity contribution in [3.8, 4) is 0 Å². The van der Waals surface area contributed by atoms with Gasteiger partial charge in [0.2, 0.25) is 11.8 Å². The van der Waals surface area contributed by atoms with Crippen LogP contribution in [0.3, 0.4) is 0 Å². The molecule has 0 unspecified atom stereocenters. The van der Waals surface area contributed by atoms with Crippen LogP contribution in [0.15, 0.2) is 48.5 Å². The Kier molecular flexibility index (Phi) is 4.10. The van der Waals surface area contributed by atoms with Crippen LogP contribution < -0.4 is 9.80 Å². The molecule has 0 spiro atoms. The summed E-state index contributed by atoms with van der Waals surface area (Å²) >= 11 is 0. The number of hydrogen-bond acceptors (Lipinski definition) is 2. The zero-order valence-corrected chi connectivity index (χ0v) is 12.8. The molecule has 0 atom stereocenters. The number of anilines is 2. The van der Waals surface area contributed by atoms with Gasteiger partial charge in [-0.1, -0.05) is 24.3 Å². The maximum atomic E-state index is 13.4. The second-order valence-electron chi connectivity index (χ2n) is 5.51. The van der Waals surface area contributed by atoms with Crippen LogP contribution in [0.4, 0.5) is 15.8 Å². The van der Waals surface area contributed by atoms with Crippen LogP contribution in [0.25, 0.3) is 0 Å². The molecule has 2 aromatic rings. The van der Waals surface area contributed by atoms with Crippen molar-refractivity contribution in [1.82, 2.24) is 0 Å². The molecule has 2 aromatic carbocycles. The van der Waals surface area contributed by atoms with E-state index < -0.39 is 5.82 Å². The van der Waals surface area contributed by atoms with Gasteiger partial charge in [0.1, 0.15) is 12.4 Å². The molecule has 0 bridgehead atoms. The highest BCUT2D eigenvalue weighted by Gasteiger charge is 2.26. The fraction of sp³-hybridized carbons (Fsp3) is 0.222. The average Bonchev–Trinajstić information content (AvgIpc) is 2.96. The van der Waals surface area contributed by atoms with E-state index in [1.807, 2.05) is 24.3 Å². The van der Waals surface area contributed by atoms with Crippen molar-refractivity contribution in [3.63, 3.8) is 0 Å². The van der Waals surface area contributed by atoms with Crippen LogP contribution in [0.2, 0.25) is 0 Å². The maximum Gasteiger partial charge on any atom is 0.247 e. The molecule has 1 heterocycles. The van der Waals surface area contributed by atoms with E-state index in [9.17, 15) is 14.0 Å². The van der Waals surface area contributed by atoms with Crippen molar-refractivity contribution >= 4 is 23.2 Å². The molecule has 118 valence electrons. The Balaban J connectivity index is 1.82. The summed E-state index contributed by atoms with van der Waals surface area (Å²) in [7, 11) is 0. The minimum Gasteiger partial charge on any atom is -0.310 e. The number of rotatable bonds is 3. The largest absolute Gasteiger partial charge is 0.310 e. The van der Waals surface area contributed by atoms with E-state index >= 15 is 0 Å². The highest BCUT2D eigenvalue weighted by molar-refractivity contribution is 6.03. The second kappa shape index (κ2) is 6.20. The second-order valence-corrected chi connectivity index (χ2v) is 5.51. The van der Waals surface area contributed by atoms with Gasteiger partial charge >= 0.3 is 0 Å². The number of fused-ring (bicyclic) bond motifs is 1. The molecule has 0 saturated carbocycles. The molecule has 0 saturated heterocycles. The summed E-state index contributed by atoms with van der Waals surface area (Å²) in [4.78, 5) is 27.5. The van der Waals surface area contributed by atoms with Crippen molar-refractivity contribution in [2.24, 2.45) is 0 Å². The fourth-order valence-corrected chi connectivity index (χ4v) is 2.85. The predicted octanol–water partition coefficient (Wildman–Crippen LogP) is 2.77. The number of para-hydroxylation sites is 1. The van der Waals surface area contributed by atoms with Gasteiger partial charge in [-0.25, -0.2) is 4.39 Å². The third-order valence-corrected chi connectivity index (χ3v) is 3.98. The molecule has 5 heteroatoms. The zero-order valence-electron chi connectivity index (χ0n) is 12.8. The van der Waals surface area contributed by atoms with Gasteiger partial charge in [0.25, 0.3) is 0 Å². The Labute approximate surface area is 134 Å². The molecule has 0 fully saturated rings. The third kappa shape index (κ3) is 3.08. The smallest absolute Gasteiger partial charge is 0.247 e. The Hall–Kier alpha value is -2.69. The topological polar surface area (TPSA) is 40.6 Å². The normalized spacial score (nSPS) is 12.9. The monoisotopic (exact) mass is 312 g/mol. The lowest BCUT2D eigenvalue weighted by atomic mass is 10.2. The molecular weight excluding hydrogens is 295 g/mol. The molecule has 2 amide bonds. The molecule has 0 radical (unpaired) electrons. The summed E-state index contributed by atoms with van der Waals surface area (Å²) in [6, 6.07) is 13.4. The van der Waals surface area contributed by atoms with Crippen LogP contribution in [-0.4, -0.2) is 24.9 Å². The SMILES string of the molecule is CC(=O)N(CC(=O)N1CCc2ccccc21)c1cccc(F)c1. The molecule has 4 nitrogen and oxygen atoms in total. The first kappa shape index (κ1) is 15.2. The Bertz CT molecular complexity index is 760. The minimum atomic E-state index is -0.437. The number of halogens is 1. The van der Waals surface area contributed by atoms with Crippen LogP contribution in [-0.2, 0) is 16.0 Å². The van der Waals surface area contributed by atoms with Gasteiger partial charge in [0.15, 0.2) is 0 Å². The molecule has 0 aromatic heterocycles. The quantitative estimate of drug-likeness (QED) is 0.874. The standard InChI is InChI=1S/C18H17FN2O2/c1-13(22)21(16-7-4-6-15(19)11-16)12-18(23)20-10-9-14-5-2-3-8-17(14)20/h2-8,11H,9-10,12H2,1H3. The number of amides is 2. The van der Waals surface area contributed by atoms with Gasteiger partial charge in [-0.05, 0) is 36.2 Å². The summed E-state index contributed by atoms with van der Waals surface area (Å²) < 4.78 is 13.4. The Morgan fingerprint density at radius 3 is 2.70 bits per heavy atom. The van der Waals surface area contributed by atoms with E-state index in [0.29, 0.717) is 12.2 Å². The van der Waals surface area contributed by atoms with Crippen LogP contribution >= 0.6 is 0 Å². The van der Waals surface area contributed by atoms with Crippen LogP contribution in [0.5, 0.6) is 0 Å². The molecule has 0 aliphatic carbocycles. The van der Waals surface area contributed by atoms with Gasteiger partial charge in [0, 0.05) is 24.8 Å². The zero-order chi connectivity index (χ0) is 16.4. The van der Waals surface area contributed by atoms with Crippen molar-refractivity contribution in [2.45, 2.75) is 13.3 Å². The summed E-state index contributed by atoms with van der Waals surface area (Å²) in [6.45, 7) is 1.87. The van der Waals surface area contributed by atoms with Crippen LogP contribution in [0.1, 0.15) is 12.5 Å². The van der Waals surface area contributed by atoms with Gasteiger partial charge in [0.05, 0.1) is 0 Å². The Morgan fingerprint density at radius 1 is 1.17 bits per heavy atom. The lowest BCUT2D eigenvalue weighted by molar-refractivity contribution is -0.121. The van der Waals surface area contributed by atoms with Crippen molar-refractivity contribution in [2.75, 3.05) is 22.9 Å². The number of nitrogens with zero attached hydrogens (tertiary/aromatic N) is 2. The van der Waals surface area contributed by atoms with Gasteiger partial charge in [-0.15, -0.1) is 0 Å². The third-order valence-electron chi connectivity index (χ3n) is 3.98. The van der Waals surface area contributed by atoms with Gasteiger partial charge < -0.3 is 9.80 Å². The number of hydrogen-bond donors (Lipinski definition) is 0. The Morgan fingerprint density at radius 2 is 1.96 bits per heavy atom. The molecule has 3 rings (SSSR count). The van der Waals surface area contributed by atoms with E-state index in [1.54, 1.807) is 11.0 Å². The van der Waals surface area contributed by atoms with E-state index in [2.05, 4.69) is 0 Å². The first-order chi connectivity index (χ1) is 11.1. The summed E-state index contributed by atoms with van der Waals surface area (Å²) in [6.07, 6.45) is 0.807. The number of carbonyl (C=O) groups excluding carboxylic acids is 2. The fourth-order valence-electron chi connectivity index (χ4n) is 2.85. The minimum absolute atomic E-state index is 0.104. The van der Waals surface area contributed by atoms with Crippen molar-refractivity contribution in [1.29, 1.82) is 0 Å². The molecule has 23 heavy (non-hydrogen) atoms. The highest BCUT2D eigenvalue weighted by atomic mass is 19.1. The summed E-state index contributed by atoms with van der Waals surface area (Å²) in [5, 5.41) is 0.